The highest BCUT2D eigenvalue weighted by Crippen LogP contribution is 2.26. The van der Waals surface area contributed by atoms with Crippen LogP contribution in [-0.4, -0.2) is 17.0 Å². The summed E-state index contributed by atoms with van der Waals surface area (Å²) in [6.45, 7) is 1.22. The van der Waals surface area contributed by atoms with Crippen molar-refractivity contribution in [1.29, 1.82) is 0 Å². The van der Waals surface area contributed by atoms with E-state index in [0.717, 1.165) is 0 Å². The van der Waals surface area contributed by atoms with Crippen molar-refractivity contribution < 1.29 is 14.7 Å². The predicted molar refractivity (Wildman–Crippen MR) is 65.9 cm³/mol. The van der Waals surface area contributed by atoms with Crippen molar-refractivity contribution in [3.05, 3.63) is 39.5 Å². The maximum atomic E-state index is 10.9. The molecule has 0 spiro atoms. The Morgan fingerprint density at radius 2 is 2.00 bits per heavy atom. The molecule has 17 heavy (non-hydrogen) atoms. The van der Waals surface area contributed by atoms with E-state index in [1.807, 2.05) is 0 Å². The van der Waals surface area contributed by atoms with Gasteiger partial charge in [0.15, 0.2) is 0 Å². The number of hydrogen-bond acceptors (Lipinski definition) is 2. The number of carbonyl (C=O) groups is 2. The molecule has 1 amide bonds. The zero-order chi connectivity index (χ0) is 13.0. The summed E-state index contributed by atoms with van der Waals surface area (Å²) in [5.74, 6) is -1.73. The minimum atomic E-state index is -1.25. The van der Waals surface area contributed by atoms with E-state index in [-0.39, 0.29) is 10.7 Å². The third-order valence-corrected chi connectivity index (χ3v) is 2.66. The van der Waals surface area contributed by atoms with E-state index >= 15 is 0 Å². The van der Waals surface area contributed by atoms with E-state index in [4.69, 9.17) is 28.3 Å². The van der Waals surface area contributed by atoms with E-state index in [9.17, 15) is 9.59 Å². The maximum absolute atomic E-state index is 10.9. The second-order valence-corrected chi connectivity index (χ2v) is 3.97. The molecule has 0 saturated carbocycles. The number of halogens is 2. The Hall–Kier alpha value is -1.52. The number of amides is 1. The standard InChI is InChI=1S/C11H9Cl2NO3/c1-6(15)14-9(11(16)17)5-7-3-2-4-8(12)10(7)13/h2-5H,1H3,(H,14,15)(H,16,17). The summed E-state index contributed by atoms with van der Waals surface area (Å²) in [7, 11) is 0. The van der Waals surface area contributed by atoms with Gasteiger partial charge in [-0.15, -0.1) is 0 Å². The molecular weight excluding hydrogens is 265 g/mol. The summed E-state index contributed by atoms with van der Waals surface area (Å²) in [6, 6.07) is 4.81. The van der Waals surface area contributed by atoms with E-state index in [1.165, 1.54) is 13.0 Å². The Balaban J connectivity index is 3.17. The Bertz CT molecular complexity index is 497. The molecule has 0 aliphatic rings. The van der Waals surface area contributed by atoms with Gasteiger partial charge in [0.05, 0.1) is 10.0 Å². The Morgan fingerprint density at radius 1 is 1.35 bits per heavy atom. The number of aliphatic carboxylic acids is 1. The van der Waals surface area contributed by atoms with Crippen LogP contribution in [0.3, 0.4) is 0 Å². The first-order chi connectivity index (χ1) is 7.91. The molecule has 0 atom stereocenters. The number of benzene rings is 1. The van der Waals surface area contributed by atoms with Crippen LogP contribution in [0.4, 0.5) is 0 Å². The maximum Gasteiger partial charge on any atom is 0.352 e. The average Bonchev–Trinajstić information content (AvgIpc) is 2.22. The molecule has 90 valence electrons. The molecule has 0 unspecified atom stereocenters. The summed E-state index contributed by atoms with van der Waals surface area (Å²) in [4.78, 5) is 21.7. The third-order valence-electron chi connectivity index (χ3n) is 1.82. The second kappa shape index (κ2) is 5.70. The Labute approximate surface area is 108 Å². The molecular formula is C11H9Cl2NO3. The van der Waals surface area contributed by atoms with Gasteiger partial charge in [0.2, 0.25) is 5.91 Å². The zero-order valence-corrected chi connectivity index (χ0v) is 10.3. The van der Waals surface area contributed by atoms with Gasteiger partial charge in [-0.05, 0) is 17.7 Å². The normalized spacial score (nSPS) is 11.1. The van der Waals surface area contributed by atoms with Crippen molar-refractivity contribution in [3.63, 3.8) is 0 Å². The smallest absolute Gasteiger partial charge is 0.352 e. The van der Waals surface area contributed by atoms with Gasteiger partial charge in [0, 0.05) is 6.92 Å². The van der Waals surface area contributed by atoms with Crippen molar-refractivity contribution in [2.75, 3.05) is 0 Å². The molecule has 0 heterocycles. The second-order valence-electron chi connectivity index (χ2n) is 3.19. The van der Waals surface area contributed by atoms with Crippen LogP contribution in [0.1, 0.15) is 12.5 Å². The van der Waals surface area contributed by atoms with Crippen molar-refractivity contribution in [2.24, 2.45) is 0 Å². The molecule has 1 aromatic carbocycles. The van der Waals surface area contributed by atoms with Crippen LogP contribution in [0.25, 0.3) is 6.08 Å². The van der Waals surface area contributed by atoms with Crippen molar-refractivity contribution in [3.8, 4) is 0 Å². The van der Waals surface area contributed by atoms with Gasteiger partial charge >= 0.3 is 5.97 Å². The molecule has 0 aliphatic heterocycles. The molecule has 0 radical (unpaired) electrons. The first-order valence-electron chi connectivity index (χ1n) is 4.58. The van der Waals surface area contributed by atoms with Gasteiger partial charge in [0.25, 0.3) is 0 Å². The molecule has 0 saturated heterocycles. The van der Waals surface area contributed by atoms with Crippen LogP contribution in [0.15, 0.2) is 23.9 Å². The quantitative estimate of drug-likeness (QED) is 0.832. The number of hydrogen-bond donors (Lipinski definition) is 2. The highest BCUT2D eigenvalue weighted by atomic mass is 35.5. The molecule has 1 rings (SSSR count). The van der Waals surface area contributed by atoms with Crippen LogP contribution < -0.4 is 5.32 Å². The lowest BCUT2D eigenvalue weighted by molar-refractivity contribution is -0.134. The zero-order valence-electron chi connectivity index (χ0n) is 8.83. The van der Waals surface area contributed by atoms with Gasteiger partial charge in [-0.25, -0.2) is 4.79 Å². The van der Waals surface area contributed by atoms with Gasteiger partial charge in [-0.2, -0.15) is 0 Å². The van der Waals surface area contributed by atoms with Crippen LogP contribution >= 0.6 is 23.2 Å². The summed E-state index contributed by atoms with van der Waals surface area (Å²) < 4.78 is 0. The van der Waals surface area contributed by atoms with Gasteiger partial charge in [-0.1, -0.05) is 35.3 Å². The van der Waals surface area contributed by atoms with Crippen molar-refractivity contribution >= 4 is 41.2 Å². The van der Waals surface area contributed by atoms with Crippen LogP contribution in [0, 0.1) is 0 Å². The predicted octanol–water partition coefficient (Wildman–Crippen LogP) is 2.56. The summed E-state index contributed by atoms with van der Waals surface area (Å²) in [5, 5.41) is 11.6. The minimum absolute atomic E-state index is 0.235. The van der Waals surface area contributed by atoms with E-state index < -0.39 is 11.9 Å². The lowest BCUT2D eigenvalue weighted by Crippen LogP contribution is -2.24. The Kier molecular flexibility index (Phi) is 4.54. The SMILES string of the molecule is CC(=O)NC(=Cc1cccc(Cl)c1Cl)C(=O)O. The first-order valence-corrected chi connectivity index (χ1v) is 5.34. The fourth-order valence-corrected chi connectivity index (χ4v) is 1.49. The lowest BCUT2D eigenvalue weighted by atomic mass is 10.2. The van der Waals surface area contributed by atoms with Gasteiger partial charge in [0.1, 0.15) is 5.70 Å². The molecule has 4 nitrogen and oxygen atoms in total. The molecule has 1 aromatic rings. The van der Waals surface area contributed by atoms with Crippen LogP contribution in [0.2, 0.25) is 10.0 Å². The molecule has 0 fully saturated rings. The number of rotatable bonds is 3. The number of carboxylic acids is 1. The van der Waals surface area contributed by atoms with Crippen LogP contribution in [-0.2, 0) is 9.59 Å². The fourth-order valence-electron chi connectivity index (χ4n) is 1.13. The molecule has 6 heteroatoms. The summed E-state index contributed by atoms with van der Waals surface area (Å²) >= 11 is 11.7. The number of carboxylic acid groups (broad SMARTS) is 1. The van der Waals surface area contributed by atoms with Crippen LogP contribution in [0.5, 0.6) is 0 Å². The van der Waals surface area contributed by atoms with E-state index in [1.54, 1.807) is 18.2 Å². The summed E-state index contributed by atoms with van der Waals surface area (Å²) in [6.07, 6.45) is 1.25. The van der Waals surface area contributed by atoms with Gasteiger partial charge in [-0.3, -0.25) is 4.79 Å². The first kappa shape index (κ1) is 13.5. The summed E-state index contributed by atoms with van der Waals surface area (Å²) in [5.41, 5.74) is 0.159. The lowest BCUT2D eigenvalue weighted by Gasteiger charge is -2.05. The fraction of sp³-hybridized carbons (Fsp3) is 0.0909. The number of carbonyl (C=O) groups excluding carboxylic acids is 1. The molecule has 0 aliphatic carbocycles. The molecule has 2 N–H and O–H groups in total. The van der Waals surface area contributed by atoms with E-state index in [2.05, 4.69) is 5.32 Å². The van der Waals surface area contributed by atoms with Crippen molar-refractivity contribution in [1.82, 2.24) is 5.32 Å². The van der Waals surface area contributed by atoms with E-state index in [0.29, 0.717) is 10.6 Å². The minimum Gasteiger partial charge on any atom is -0.477 e. The monoisotopic (exact) mass is 273 g/mol. The number of nitrogens with one attached hydrogen (secondary N) is 1. The highest BCUT2D eigenvalue weighted by molar-refractivity contribution is 6.42. The topological polar surface area (TPSA) is 66.4 Å². The van der Waals surface area contributed by atoms with Gasteiger partial charge < -0.3 is 10.4 Å². The average molecular weight is 274 g/mol. The molecule has 0 aromatic heterocycles. The highest BCUT2D eigenvalue weighted by Gasteiger charge is 2.10. The van der Waals surface area contributed by atoms with Crippen molar-refractivity contribution in [2.45, 2.75) is 6.92 Å². The third kappa shape index (κ3) is 3.76. The Morgan fingerprint density at radius 3 is 2.53 bits per heavy atom. The largest absolute Gasteiger partial charge is 0.477 e. The molecule has 0 bridgehead atoms.